The lowest BCUT2D eigenvalue weighted by atomic mass is 10.1. The first-order valence-electron chi connectivity index (χ1n) is 10.4. The van der Waals surface area contributed by atoms with E-state index in [9.17, 15) is 4.79 Å². The highest BCUT2D eigenvalue weighted by molar-refractivity contribution is 9.10. The van der Waals surface area contributed by atoms with Gasteiger partial charge in [-0.1, -0.05) is 59.8 Å². The maximum absolute atomic E-state index is 13.2. The number of methoxy groups -OCH3 is 1. The highest BCUT2D eigenvalue weighted by Crippen LogP contribution is 2.40. The molecule has 0 bridgehead atoms. The van der Waals surface area contributed by atoms with Crippen LogP contribution in [0.25, 0.3) is 6.08 Å². The van der Waals surface area contributed by atoms with Crippen molar-refractivity contribution in [2.75, 3.05) is 12.0 Å². The zero-order chi connectivity index (χ0) is 24.4. The summed E-state index contributed by atoms with van der Waals surface area (Å²) in [7, 11) is 1.58. The Morgan fingerprint density at radius 3 is 2.59 bits per heavy atom. The van der Waals surface area contributed by atoms with E-state index in [0.29, 0.717) is 36.8 Å². The first kappa shape index (κ1) is 24.8. The van der Waals surface area contributed by atoms with E-state index in [2.05, 4.69) is 15.9 Å². The molecule has 1 fully saturated rings. The van der Waals surface area contributed by atoms with Crippen molar-refractivity contribution in [3.63, 3.8) is 0 Å². The molecule has 0 N–H and O–H groups in total. The molecule has 4 nitrogen and oxygen atoms in total. The van der Waals surface area contributed by atoms with Gasteiger partial charge in [-0.25, -0.2) is 0 Å². The van der Waals surface area contributed by atoms with Gasteiger partial charge in [0.15, 0.2) is 15.8 Å². The summed E-state index contributed by atoms with van der Waals surface area (Å²) in [5, 5.41) is 0.639. The molecule has 0 saturated carbocycles. The number of thioether (sulfide) groups is 1. The second kappa shape index (κ2) is 10.5. The molecule has 0 atom stereocenters. The predicted molar refractivity (Wildman–Crippen MR) is 148 cm³/mol. The molecule has 0 spiro atoms. The highest BCUT2D eigenvalue weighted by Gasteiger charge is 2.33. The van der Waals surface area contributed by atoms with Crippen molar-refractivity contribution < 1.29 is 14.3 Å². The SMILES string of the molecule is COc1cc(/C=C2/SC(=S)N(c3ccc(C)c(C)c3)C2=O)cc(Br)c1OCc1ccccc1Cl. The molecule has 4 rings (SSSR count). The van der Waals surface area contributed by atoms with E-state index in [-0.39, 0.29) is 5.91 Å². The molecular formula is C26H21BrClNO3S2. The summed E-state index contributed by atoms with van der Waals surface area (Å²) in [6.07, 6.45) is 1.81. The summed E-state index contributed by atoms with van der Waals surface area (Å²) >= 11 is 16.6. The third kappa shape index (κ3) is 5.18. The van der Waals surface area contributed by atoms with Gasteiger partial charge < -0.3 is 9.47 Å². The number of hydrogen-bond acceptors (Lipinski definition) is 5. The van der Waals surface area contributed by atoms with E-state index in [4.69, 9.17) is 33.3 Å². The molecule has 0 aromatic heterocycles. The van der Waals surface area contributed by atoms with Crippen LogP contribution in [0.3, 0.4) is 0 Å². The fraction of sp³-hybridized carbons (Fsp3) is 0.154. The summed E-state index contributed by atoms with van der Waals surface area (Å²) in [5.74, 6) is 0.951. The topological polar surface area (TPSA) is 38.8 Å². The van der Waals surface area contributed by atoms with Gasteiger partial charge in [-0.2, -0.15) is 0 Å². The average molecular weight is 575 g/mol. The van der Waals surface area contributed by atoms with Crippen molar-refractivity contribution in [1.82, 2.24) is 0 Å². The third-order valence-electron chi connectivity index (χ3n) is 5.42. The van der Waals surface area contributed by atoms with Gasteiger partial charge in [0.05, 0.1) is 22.2 Å². The minimum Gasteiger partial charge on any atom is -0.493 e. The fourth-order valence-corrected chi connectivity index (χ4v) is 5.50. The molecular weight excluding hydrogens is 554 g/mol. The van der Waals surface area contributed by atoms with E-state index in [1.165, 1.54) is 17.3 Å². The zero-order valence-corrected chi connectivity index (χ0v) is 22.7. The number of aryl methyl sites for hydroxylation is 2. The number of carbonyl (C=O) groups excluding carboxylic acids is 1. The number of nitrogens with zero attached hydrogens (tertiary/aromatic N) is 1. The molecule has 1 saturated heterocycles. The second-order valence-corrected chi connectivity index (χ2v) is 10.6. The Labute approximate surface area is 222 Å². The smallest absolute Gasteiger partial charge is 0.270 e. The van der Waals surface area contributed by atoms with Gasteiger partial charge in [0.25, 0.3) is 5.91 Å². The molecule has 8 heteroatoms. The molecule has 3 aromatic carbocycles. The van der Waals surface area contributed by atoms with Crippen molar-refractivity contribution in [3.8, 4) is 11.5 Å². The van der Waals surface area contributed by atoms with Crippen LogP contribution in [-0.2, 0) is 11.4 Å². The molecule has 1 aliphatic rings. The van der Waals surface area contributed by atoms with Gasteiger partial charge in [-0.15, -0.1) is 0 Å². The summed E-state index contributed by atoms with van der Waals surface area (Å²) in [5.41, 5.74) is 4.71. The number of ether oxygens (including phenoxy) is 2. The number of anilines is 1. The van der Waals surface area contributed by atoms with Crippen molar-refractivity contribution in [2.24, 2.45) is 0 Å². The van der Waals surface area contributed by atoms with Crippen molar-refractivity contribution in [2.45, 2.75) is 20.5 Å². The Kier molecular flexibility index (Phi) is 7.67. The summed E-state index contributed by atoms with van der Waals surface area (Å²) in [4.78, 5) is 15.3. The Hall–Kier alpha value is -2.32. The minimum absolute atomic E-state index is 0.146. The van der Waals surface area contributed by atoms with E-state index < -0.39 is 0 Å². The fourth-order valence-electron chi connectivity index (χ4n) is 3.43. The monoisotopic (exact) mass is 573 g/mol. The molecule has 0 radical (unpaired) electrons. The van der Waals surface area contributed by atoms with Crippen LogP contribution in [0, 0.1) is 13.8 Å². The van der Waals surface area contributed by atoms with Crippen LogP contribution >= 0.6 is 51.5 Å². The number of thiocarbonyl (C=S) groups is 1. The molecule has 0 unspecified atom stereocenters. The van der Waals surface area contributed by atoms with Gasteiger partial charge >= 0.3 is 0 Å². The average Bonchev–Trinajstić information content (AvgIpc) is 3.08. The lowest BCUT2D eigenvalue weighted by molar-refractivity contribution is -0.113. The van der Waals surface area contributed by atoms with Crippen LogP contribution in [0.4, 0.5) is 5.69 Å². The maximum Gasteiger partial charge on any atom is 0.270 e. The molecule has 0 aliphatic carbocycles. The Balaban J connectivity index is 1.59. The van der Waals surface area contributed by atoms with E-state index in [1.807, 2.05) is 74.5 Å². The van der Waals surface area contributed by atoms with Crippen LogP contribution in [0.5, 0.6) is 11.5 Å². The number of carbonyl (C=O) groups is 1. The molecule has 1 aliphatic heterocycles. The van der Waals surface area contributed by atoms with Crippen LogP contribution in [-0.4, -0.2) is 17.3 Å². The second-order valence-electron chi connectivity index (χ2n) is 7.70. The van der Waals surface area contributed by atoms with Crippen molar-refractivity contribution in [1.29, 1.82) is 0 Å². The first-order valence-corrected chi connectivity index (χ1v) is 12.8. The van der Waals surface area contributed by atoms with Gasteiger partial charge in [-0.3, -0.25) is 9.69 Å². The van der Waals surface area contributed by atoms with Gasteiger partial charge in [-0.05, 0) is 82.9 Å². The number of rotatable bonds is 6. The standard InChI is InChI=1S/C26H21BrClNO3S2/c1-15-8-9-19(10-16(15)2)29-25(30)23(34-26(29)33)13-17-11-20(27)24(22(12-17)31-3)32-14-18-6-4-5-7-21(18)28/h4-13H,14H2,1-3H3/b23-13+. The normalized spacial score (nSPS) is 14.7. The lowest BCUT2D eigenvalue weighted by Gasteiger charge is -2.16. The van der Waals surface area contributed by atoms with Gasteiger partial charge in [0.1, 0.15) is 6.61 Å². The number of benzene rings is 3. The lowest BCUT2D eigenvalue weighted by Crippen LogP contribution is -2.27. The largest absolute Gasteiger partial charge is 0.493 e. The van der Waals surface area contributed by atoms with Crippen LogP contribution in [0.2, 0.25) is 5.02 Å². The molecule has 1 amide bonds. The summed E-state index contributed by atoms with van der Waals surface area (Å²) < 4.78 is 12.8. The van der Waals surface area contributed by atoms with Crippen molar-refractivity contribution >= 4 is 73.5 Å². The number of hydrogen-bond donors (Lipinski definition) is 0. The zero-order valence-electron chi connectivity index (χ0n) is 18.7. The predicted octanol–water partition coefficient (Wildman–Crippen LogP) is 7.71. The van der Waals surface area contributed by atoms with E-state index in [1.54, 1.807) is 12.0 Å². The molecule has 3 aromatic rings. The highest BCUT2D eigenvalue weighted by atomic mass is 79.9. The summed E-state index contributed by atoms with van der Waals surface area (Å²) in [6.45, 7) is 4.35. The minimum atomic E-state index is -0.146. The molecule has 1 heterocycles. The van der Waals surface area contributed by atoms with Crippen LogP contribution < -0.4 is 14.4 Å². The number of halogens is 2. The van der Waals surface area contributed by atoms with Crippen LogP contribution in [0.15, 0.2) is 64.0 Å². The Morgan fingerprint density at radius 2 is 1.88 bits per heavy atom. The number of amides is 1. The third-order valence-corrected chi connectivity index (χ3v) is 7.68. The van der Waals surface area contributed by atoms with E-state index >= 15 is 0 Å². The Morgan fingerprint density at radius 1 is 1.12 bits per heavy atom. The Bertz CT molecular complexity index is 1330. The maximum atomic E-state index is 13.2. The molecule has 34 heavy (non-hydrogen) atoms. The molecule has 174 valence electrons. The van der Waals surface area contributed by atoms with E-state index in [0.717, 1.165) is 22.4 Å². The quantitative estimate of drug-likeness (QED) is 0.223. The van der Waals surface area contributed by atoms with Crippen molar-refractivity contribution in [3.05, 3.63) is 91.3 Å². The summed E-state index contributed by atoms with van der Waals surface area (Å²) in [6, 6.07) is 17.1. The van der Waals surface area contributed by atoms with Gasteiger partial charge in [0.2, 0.25) is 0 Å². The van der Waals surface area contributed by atoms with Gasteiger partial charge in [0, 0.05) is 10.6 Å². The van der Waals surface area contributed by atoms with Crippen LogP contribution in [0.1, 0.15) is 22.3 Å². The first-order chi connectivity index (χ1) is 16.3.